The van der Waals surface area contributed by atoms with Crippen molar-refractivity contribution in [2.45, 2.75) is 39.3 Å². The summed E-state index contributed by atoms with van der Waals surface area (Å²) >= 11 is 0. The second-order valence-corrected chi connectivity index (χ2v) is 15.9. The first kappa shape index (κ1) is 14.3. The number of hydrogen-bond acceptors (Lipinski definition) is 1. The molecular formula is C14H24OSi2. The molecule has 1 rings (SSSR count). The van der Waals surface area contributed by atoms with E-state index in [1.165, 1.54) is 5.56 Å². The Balaban J connectivity index is 3.09. The minimum absolute atomic E-state index is 1.09. The molecule has 0 aliphatic carbocycles. The molecule has 0 fully saturated rings. The second-order valence-electron chi connectivity index (χ2n) is 6.46. The van der Waals surface area contributed by atoms with Crippen molar-refractivity contribution in [3.63, 3.8) is 0 Å². The quantitative estimate of drug-likeness (QED) is 0.563. The summed E-state index contributed by atoms with van der Waals surface area (Å²) in [5.74, 6) is 1.09. The normalized spacial score (nSPS) is 13.6. The Morgan fingerprint density at radius 1 is 0.941 bits per heavy atom. The molecule has 0 saturated heterocycles. The molecule has 0 radical (unpaired) electrons. The van der Waals surface area contributed by atoms with Crippen LogP contribution in [0, 0.1) is 0 Å². The van der Waals surface area contributed by atoms with Crippen molar-refractivity contribution in [1.82, 2.24) is 0 Å². The van der Waals surface area contributed by atoms with Gasteiger partial charge in [0.15, 0.2) is 0 Å². The molecule has 1 aromatic carbocycles. The molecule has 0 unspecified atom stereocenters. The van der Waals surface area contributed by atoms with E-state index in [-0.39, 0.29) is 0 Å². The third-order valence-electron chi connectivity index (χ3n) is 2.04. The van der Waals surface area contributed by atoms with Crippen LogP contribution in [0.4, 0.5) is 0 Å². The lowest BCUT2D eigenvalue weighted by Crippen LogP contribution is -2.26. The van der Waals surface area contributed by atoms with Crippen LogP contribution >= 0.6 is 0 Å². The van der Waals surface area contributed by atoms with Crippen LogP contribution in [-0.4, -0.2) is 16.4 Å². The fraction of sp³-hybridized carbons (Fsp3) is 0.429. The van der Waals surface area contributed by atoms with Gasteiger partial charge in [0.25, 0.3) is 0 Å². The molecule has 0 aromatic heterocycles. The zero-order chi connectivity index (χ0) is 13.1. The van der Waals surface area contributed by atoms with Gasteiger partial charge < -0.3 is 4.43 Å². The molecule has 0 amide bonds. The molecule has 0 spiro atoms. The van der Waals surface area contributed by atoms with Crippen molar-refractivity contribution in [3.8, 4) is 0 Å². The lowest BCUT2D eigenvalue weighted by Gasteiger charge is -2.24. The van der Waals surface area contributed by atoms with Gasteiger partial charge in [-0.15, -0.1) is 0 Å². The topological polar surface area (TPSA) is 9.23 Å². The van der Waals surface area contributed by atoms with Crippen molar-refractivity contribution < 1.29 is 4.43 Å². The Morgan fingerprint density at radius 3 is 1.88 bits per heavy atom. The Morgan fingerprint density at radius 2 is 1.47 bits per heavy atom. The highest BCUT2D eigenvalue weighted by molar-refractivity contribution is 6.82. The van der Waals surface area contributed by atoms with Crippen LogP contribution in [0.15, 0.2) is 36.0 Å². The van der Waals surface area contributed by atoms with Gasteiger partial charge in [0.2, 0.25) is 8.32 Å². The SMILES string of the molecule is C[Si](C)(C)/C=C(\O[Si](C)(C)C)c1ccccc1. The molecule has 94 valence electrons. The van der Waals surface area contributed by atoms with Crippen LogP contribution in [0.25, 0.3) is 5.76 Å². The molecule has 1 aromatic rings. The minimum Gasteiger partial charge on any atom is -0.544 e. The highest BCUT2D eigenvalue weighted by atomic mass is 28.4. The number of benzene rings is 1. The summed E-state index contributed by atoms with van der Waals surface area (Å²) < 4.78 is 6.23. The van der Waals surface area contributed by atoms with Gasteiger partial charge in [0.05, 0.1) is 8.07 Å². The first-order valence-electron chi connectivity index (χ1n) is 6.15. The van der Waals surface area contributed by atoms with Crippen LogP contribution in [-0.2, 0) is 4.43 Å². The lowest BCUT2D eigenvalue weighted by molar-refractivity contribution is 0.515. The van der Waals surface area contributed by atoms with Gasteiger partial charge in [-0.3, -0.25) is 0 Å². The lowest BCUT2D eigenvalue weighted by atomic mass is 10.2. The molecule has 3 heteroatoms. The van der Waals surface area contributed by atoms with Gasteiger partial charge >= 0.3 is 0 Å². The Bertz CT molecular complexity index is 383. The fourth-order valence-electron chi connectivity index (χ4n) is 1.50. The van der Waals surface area contributed by atoms with Gasteiger partial charge in [-0.2, -0.15) is 0 Å². The summed E-state index contributed by atoms with van der Waals surface area (Å²) in [5.41, 5.74) is 3.57. The van der Waals surface area contributed by atoms with Crippen molar-refractivity contribution in [2.75, 3.05) is 0 Å². The zero-order valence-electron chi connectivity index (χ0n) is 11.9. The van der Waals surface area contributed by atoms with Crippen LogP contribution < -0.4 is 0 Å². The maximum Gasteiger partial charge on any atom is 0.242 e. The summed E-state index contributed by atoms with van der Waals surface area (Å²) in [6.45, 7) is 13.7. The standard InChI is InChI=1S/C14H24OSi2/c1-16(2,3)12-14(15-17(4,5)6)13-10-8-7-9-11-13/h7-12H,1-6H3/b14-12-. The summed E-state index contributed by atoms with van der Waals surface area (Å²) in [6, 6.07) is 10.4. The highest BCUT2D eigenvalue weighted by Crippen LogP contribution is 2.23. The van der Waals surface area contributed by atoms with Crippen LogP contribution in [0.5, 0.6) is 0 Å². The molecule has 0 N–H and O–H groups in total. The molecule has 17 heavy (non-hydrogen) atoms. The van der Waals surface area contributed by atoms with Crippen molar-refractivity contribution in [2.24, 2.45) is 0 Å². The third kappa shape index (κ3) is 5.89. The van der Waals surface area contributed by atoms with E-state index < -0.39 is 16.4 Å². The fourth-order valence-corrected chi connectivity index (χ4v) is 3.46. The first-order valence-corrected chi connectivity index (χ1v) is 13.1. The Hall–Kier alpha value is -0.806. The maximum atomic E-state index is 6.23. The van der Waals surface area contributed by atoms with Crippen molar-refractivity contribution in [3.05, 3.63) is 41.6 Å². The van der Waals surface area contributed by atoms with E-state index in [0.717, 1.165) is 5.76 Å². The van der Waals surface area contributed by atoms with Gasteiger partial charge in [0, 0.05) is 5.56 Å². The Kier molecular flexibility index (Phi) is 4.39. The van der Waals surface area contributed by atoms with Gasteiger partial charge in [-0.25, -0.2) is 0 Å². The van der Waals surface area contributed by atoms with Crippen LogP contribution in [0.3, 0.4) is 0 Å². The number of rotatable bonds is 4. The van der Waals surface area contributed by atoms with E-state index in [2.05, 4.69) is 69.2 Å². The van der Waals surface area contributed by atoms with E-state index in [1.54, 1.807) is 0 Å². The average molecular weight is 265 g/mol. The van der Waals surface area contributed by atoms with Crippen molar-refractivity contribution in [1.29, 1.82) is 0 Å². The average Bonchev–Trinajstić information content (AvgIpc) is 2.14. The van der Waals surface area contributed by atoms with E-state index >= 15 is 0 Å². The molecule has 0 saturated carbocycles. The second kappa shape index (κ2) is 5.23. The number of hydrogen-bond donors (Lipinski definition) is 0. The summed E-state index contributed by atoms with van der Waals surface area (Å²) in [5, 5.41) is 0. The van der Waals surface area contributed by atoms with E-state index in [0.29, 0.717) is 0 Å². The largest absolute Gasteiger partial charge is 0.544 e. The predicted molar refractivity (Wildman–Crippen MR) is 82.2 cm³/mol. The zero-order valence-corrected chi connectivity index (χ0v) is 13.9. The minimum atomic E-state index is -1.55. The molecular weight excluding hydrogens is 240 g/mol. The first-order chi connectivity index (χ1) is 7.67. The molecule has 0 aliphatic heterocycles. The third-order valence-corrected chi connectivity index (χ3v) is 4.00. The molecule has 0 aliphatic rings. The molecule has 0 bridgehead atoms. The van der Waals surface area contributed by atoms with Gasteiger partial charge in [-0.05, 0) is 19.6 Å². The van der Waals surface area contributed by atoms with E-state index in [1.807, 2.05) is 6.07 Å². The van der Waals surface area contributed by atoms with E-state index in [9.17, 15) is 0 Å². The monoisotopic (exact) mass is 264 g/mol. The van der Waals surface area contributed by atoms with Crippen LogP contribution in [0.2, 0.25) is 39.3 Å². The van der Waals surface area contributed by atoms with Gasteiger partial charge in [0.1, 0.15) is 5.76 Å². The summed E-state index contributed by atoms with van der Waals surface area (Å²) in [7, 11) is -2.82. The van der Waals surface area contributed by atoms with Gasteiger partial charge in [-0.1, -0.05) is 55.7 Å². The smallest absolute Gasteiger partial charge is 0.242 e. The molecule has 0 heterocycles. The highest BCUT2D eigenvalue weighted by Gasteiger charge is 2.21. The summed E-state index contributed by atoms with van der Waals surface area (Å²) in [6.07, 6.45) is 0. The van der Waals surface area contributed by atoms with Crippen molar-refractivity contribution >= 4 is 22.2 Å². The molecule has 1 nitrogen and oxygen atoms in total. The molecule has 0 atom stereocenters. The van der Waals surface area contributed by atoms with Crippen LogP contribution in [0.1, 0.15) is 5.56 Å². The maximum absolute atomic E-state index is 6.23. The summed E-state index contributed by atoms with van der Waals surface area (Å²) in [4.78, 5) is 0. The predicted octanol–water partition coefficient (Wildman–Crippen LogP) is 4.76. The van der Waals surface area contributed by atoms with E-state index in [4.69, 9.17) is 4.43 Å². The Labute approximate surface area is 108 Å².